The topological polar surface area (TPSA) is 55.8 Å². The van der Waals surface area contributed by atoms with Crippen LogP contribution in [0, 0.1) is 0 Å². The maximum absolute atomic E-state index is 12.8. The molecule has 1 heterocycles. The van der Waals surface area contributed by atoms with E-state index in [-0.39, 0.29) is 19.6 Å². The molecule has 0 fully saturated rings. The first kappa shape index (κ1) is 20.4. The summed E-state index contributed by atoms with van der Waals surface area (Å²) in [4.78, 5) is 27.5. The molecular weight excluding hydrogens is 366 g/mol. The van der Waals surface area contributed by atoms with Gasteiger partial charge in [0.25, 0.3) is 0 Å². The standard InChI is InChI=1S/C24H25NO4/c1-4-28-23(26)19-16-20(24(27)29-5-2)22(18-14-10-7-11-15-18)25(3)21(19)17-12-8-6-9-13-17/h6-15H,4-5,16H2,1-3H3. The highest BCUT2D eigenvalue weighted by molar-refractivity contribution is 6.07. The van der Waals surface area contributed by atoms with Crippen LogP contribution in [0.15, 0.2) is 71.8 Å². The highest BCUT2D eigenvalue weighted by Gasteiger charge is 2.34. The number of hydrogen-bond donors (Lipinski definition) is 0. The van der Waals surface area contributed by atoms with E-state index in [0.29, 0.717) is 11.1 Å². The zero-order valence-corrected chi connectivity index (χ0v) is 17.0. The number of carbonyl (C=O) groups excluding carboxylic acids is 2. The zero-order valence-electron chi connectivity index (χ0n) is 17.0. The molecule has 0 atom stereocenters. The van der Waals surface area contributed by atoms with E-state index in [1.54, 1.807) is 13.8 Å². The van der Waals surface area contributed by atoms with E-state index in [9.17, 15) is 9.59 Å². The van der Waals surface area contributed by atoms with E-state index in [2.05, 4.69) is 0 Å². The summed E-state index contributed by atoms with van der Waals surface area (Å²) in [6.45, 7) is 4.06. The van der Waals surface area contributed by atoms with E-state index in [0.717, 1.165) is 22.5 Å². The quantitative estimate of drug-likeness (QED) is 0.689. The normalized spacial score (nSPS) is 14.1. The minimum Gasteiger partial charge on any atom is -0.463 e. The molecule has 0 radical (unpaired) electrons. The second kappa shape index (κ2) is 9.24. The smallest absolute Gasteiger partial charge is 0.336 e. The second-order valence-corrected chi connectivity index (χ2v) is 6.56. The van der Waals surface area contributed by atoms with Gasteiger partial charge in [0.15, 0.2) is 0 Å². The molecule has 0 aromatic heterocycles. The number of ether oxygens (including phenoxy) is 2. The molecule has 0 aliphatic carbocycles. The van der Waals surface area contributed by atoms with Gasteiger partial charge in [-0.1, -0.05) is 60.7 Å². The van der Waals surface area contributed by atoms with Crippen LogP contribution in [-0.2, 0) is 19.1 Å². The van der Waals surface area contributed by atoms with Crippen LogP contribution in [0.2, 0.25) is 0 Å². The van der Waals surface area contributed by atoms with Crippen molar-refractivity contribution in [3.63, 3.8) is 0 Å². The van der Waals surface area contributed by atoms with Gasteiger partial charge in [-0.25, -0.2) is 9.59 Å². The van der Waals surface area contributed by atoms with Gasteiger partial charge in [-0.15, -0.1) is 0 Å². The maximum atomic E-state index is 12.8. The summed E-state index contributed by atoms with van der Waals surface area (Å²) in [5, 5.41) is 0. The van der Waals surface area contributed by atoms with E-state index in [1.807, 2.05) is 72.6 Å². The van der Waals surface area contributed by atoms with Crippen LogP contribution in [0.4, 0.5) is 0 Å². The molecule has 1 aliphatic heterocycles. The van der Waals surface area contributed by atoms with Crippen LogP contribution >= 0.6 is 0 Å². The predicted molar refractivity (Wildman–Crippen MR) is 112 cm³/mol. The highest BCUT2D eigenvalue weighted by Crippen LogP contribution is 2.40. The average Bonchev–Trinajstić information content (AvgIpc) is 2.74. The number of nitrogens with zero attached hydrogens (tertiary/aromatic N) is 1. The minimum absolute atomic E-state index is 0.149. The van der Waals surface area contributed by atoms with Crippen molar-refractivity contribution in [2.45, 2.75) is 20.3 Å². The van der Waals surface area contributed by atoms with Crippen molar-refractivity contribution >= 4 is 23.3 Å². The molecule has 5 nitrogen and oxygen atoms in total. The Kier molecular flexibility index (Phi) is 6.50. The highest BCUT2D eigenvalue weighted by atomic mass is 16.5. The van der Waals surface area contributed by atoms with Gasteiger partial charge in [0, 0.05) is 13.5 Å². The molecule has 150 valence electrons. The van der Waals surface area contributed by atoms with Gasteiger partial charge in [-0.2, -0.15) is 0 Å². The van der Waals surface area contributed by atoms with Crippen LogP contribution in [0.5, 0.6) is 0 Å². The Morgan fingerprint density at radius 3 is 1.48 bits per heavy atom. The summed E-state index contributed by atoms with van der Waals surface area (Å²) in [6, 6.07) is 19.3. The summed E-state index contributed by atoms with van der Waals surface area (Å²) < 4.78 is 10.6. The van der Waals surface area contributed by atoms with Crippen molar-refractivity contribution in [1.82, 2.24) is 4.90 Å². The summed E-state index contributed by atoms with van der Waals surface area (Å²) in [6.07, 6.45) is 0.149. The fourth-order valence-corrected chi connectivity index (χ4v) is 3.56. The zero-order chi connectivity index (χ0) is 20.8. The molecule has 0 N–H and O–H groups in total. The number of esters is 2. The molecule has 0 saturated carbocycles. The number of benzene rings is 2. The molecule has 1 aliphatic rings. The summed E-state index contributed by atoms with van der Waals surface area (Å²) >= 11 is 0. The van der Waals surface area contributed by atoms with Crippen LogP contribution in [0.1, 0.15) is 31.4 Å². The Labute approximate surface area is 171 Å². The Bertz CT molecular complexity index is 868. The third kappa shape index (κ3) is 4.24. The minimum atomic E-state index is -0.424. The van der Waals surface area contributed by atoms with Gasteiger partial charge in [0.05, 0.1) is 35.8 Å². The summed E-state index contributed by atoms with van der Waals surface area (Å²) in [7, 11) is 1.86. The van der Waals surface area contributed by atoms with Crippen LogP contribution < -0.4 is 0 Å². The average molecular weight is 391 g/mol. The molecular formula is C24H25NO4. The molecule has 5 heteroatoms. The van der Waals surface area contributed by atoms with Gasteiger partial charge in [-0.05, 0) is 25.0 Å². The SMILES string of the molecule is CCOC(=O)C1=C(c2ccccc2)N(C)C(c2ccccc2)=C(C(=O)OCC)C1. The Hall–Kier alpha value is -3.34. The number of hydrogen-bond acceptors (Lipinski definition) is 5. The Balaban J connectivity index is 2.21. The third-order valence-corrected chi connectivity index (χ3v) is 4.73. The van der Waals surface area contributed by atoms with Gasteiger partial charge in [0.1, 0.15) is 0 Å². The molecule has 0 bridgehead atoms. The maximum Gasteiger partial charge on any atom is 0.336 e. The van der Waals surface area contributed by atoms with E-state index < -0.39 is 11.9 Å². The van der Waals surface area contributed by atoms with Gasteiger partial charge >= 0.3 is 11.9 Å². The lowest BCUT2D eigenvalue weighted by Gasteiger charge is -2.34. The van der Waals surface area contributed by atoms with E-state index >= 15 is 0 Å². The van der Waals surface area contributed by atoms with Crippen LogP contribution in [0.3, 0.4) is 0 Å². The fourth-order valence-electron chi connectivity index (χ4n) is 3.56. The summed E-state index contributed by atoms with van der Waals surface area (Å²) in [5.74, 6) is -0.848. The van der Waals surface area contributed by atoms with Crippen molar-refractivity contribution in [3.05, 3.63) is 82.9 Å². The van der Waals surface area contributed by atoms with Crippen molar-refractivity contribution in [2.24, 2.45) is 0 Å². The van der Waals surface area contributed by atoms with Gasteiger partial charge in [-0.3, -0.25) is 0 Å². The molecule has 0 amide bonds. The van der Waals surface area contributed by atoms with Crippen LogP contribution in [0.25, 0.3) is 11.4 Å². The Morgan fingerprint density at radius 2 is 1.14 bits per heavy atom. The Morgan fingerprint density at radius 1 is 0.759 bits per heavy atom. The van der Waals surface area contributed by atoms with E-state index in [4.69, 9.17) is 9.47 Å². The second-order valence-electron chi connectivity index (χ2n) is 6.56. The molecule has 2 aromatic carbocycles. The van der Waals surface area contributed by atoms with E-state index in [1.165, 1.54) is 0 Å². The molecule has 29 heavy (non-hydrogen) atoms. The lowest BCUT2D eigenvalue weighted by molar-refractivity contribution is -0.139. The monoisotopic (exact) mass is 391 g/mol. The largest absolute Gasteiger partial charge is 0.463 e. The van der Waals surface area contributed by atoms with Crippen molar-refractivity contribution < 1.29 is 19.1 Å². The van der Waals surface area contributed by atoms with Crippen molar-refractivity contribution in [1.29, 1.82) is 0 Å². The lowest BCUT2D eigenvalue weighted by Crippen LogP contribution is -2.29. The molecule has 0 saturated heterocycles. The fraction of sp³-hybridized carbons (Fsp3) is 0.250. The number of carbonyl (C=O) groups is 2. The lowest BCUT2D eigenvalue weighted by atomic mass is 9.90. The molecule has 0 unspecified atom stereocenters. The molecule has 3 rings (SSSR count). The van der Waals surface area contributed by atoms with Gasteiger partial charge < -0.3 is 14.4 Å². The van der Waals surface area contributed by atoms with Crippen molar-refractivity contribution in [2.75, 3.05) is 20.3 Å². The number of rotatable bonds is 6. The van der Waals surface area contributed by atoms with Gasteiger partial charge in [0.2, 0.25) is 0 Å². The molecule has 0 spiro atoms. The first-order chi connectivity index (χ1) is 14.1. The third-order valence-electron chi connectivity index (χ3n) is 4.73. The van der Waals surface area contributed by atoms with Crippen molar-refractivity contribution in [3.8, 4) is 0 Å². The van der Waals surface area contributed by atoms with Crippen LogP contribution in [-0.4, -0.2) is 37.1 Å². The first-order valence-corrected chi connectivity index (χ1v) is 9.73. The summed E-state index contributed by atoms with van der Waals surface area (Å²) in [5.41, 5.74) is 4.13. The molecule has 2 aromatic rings. The predicted octanol–water partition coefficient (Wildman–Crippen LogP) is 4.27. The first-order valence-electron chi connectivity index (χ1n) is 9.73.